The predicted molar refractivity (Wildman–Crippen MR) is 106 cm³/mol. The van der Waals surface area contributed by atoms with Crippen molar-refractivity contribution in [3.8, 4) is 0 Å². The number of amides is 2. The zero-order chi connectivity index (χ0) is 18.8. The first-order valence-electron chi connectivity index (χ1n) is 8.79. The Balaban J connectivity index is 1.71. The van der Waals surface area contributed by atoms with E-state index in [4.69, 9.17) is 11.6 Å². The molecule has 0 bridgehead atoms. The third kappa shape index (κ3) is 3.53. The van der Waals surface area contributed by atoms with Gasteiger partial charge >= 0.3 is 6.03 Å². The van der Waals surface area contributed by atoms with E-state index in [1.165, 1.54) is 17.7 Å². The molecule has 3 nitrogen and oxygen atoms in total. The molecular formula is C22H18ClFN2O. The fourth-order valence-electron chi connectivity index (χ4n) is 3.55. The van der Waals surface area contributed by atoms with Gasteiger partial charge in [-0.25, -0.2) is 9.18 Å². The number of hydrogen-bond acceptors (Lipinski definition) is 1. The van der Waals surface area contributed by atoms with Gasteiger partial charge in [0.1, 0.15) is 5.82 Å². The molecule has 3 aromatic rings. The SMILES string of the molecule is O=C(Nc1ccc(F)cc1)N1CCc2ccccc2C1c1ccccc1Cl. The summed E-state index contributed by atoms with van der Waals surface area (Å²) in [6, 6.07) is 21.0. The molecule has 4 rings (SSSR count). The number of carbonyl (C=O) groups is 1. The number of rotatable bonds is 2. The average Bonchev–Trinajstić information content (AvgIpc) is 2.69. The summed E-state index contributed by atoms with van der Waals surface area (Å²) in [6.07, 6.45) is 0.772. The van der Waals surface area contributed by atoms with Gasteiger partial charge in [0.25, 0.3) is 0 Å². The van der Waals surface area contributed by atoms with Crippen LogP contribution in [0.4, 0.5) is 14.9 Å². The van der Waals surface area contributed by atoms with Crippen LogP contribution < -0.4 is 5.32 Å². The van der Waals surface area contributed by atoms with Crippen LogP contribution in [0.1, 0.15) is 22.7 Å². The molecule has 1 unspecified atom stereocenters. The summed E-state index contributed by atoms with van der Waals surface area (Å²) < 4.78 is 13.1. The first kappa shape index (κ1) is 17.6. The number of anilines is 1. The highest BCUT2D eigenvalue weighted by Gasteiger charge is 2.33. The van der Waals surface area contributed by atoms with Crippen LogP contribution in [0.2, 0.25) is 5.02 Å². The molecule has 27 heavy (non-hydrogen) atoms. The van der Waals surface area contributed by atoms with Gasteiger partial charge in [0.2, 0.25) is 0 Å². The Hall–Kier alpha value is -2.85. The molecule has 3 aromatic carbocycles. The first-order chi connectivity index (χ1) is 13.1. The van der Waals surface area contributed by atoms with Crippen molar-refractivity contribution in [3.63, 3.8) is 0 Å². The van der Waals surface area contributed by atoms with Gasteiger partial charge < -0.3 is 10.2 Å². The standard InChI is InChI=1S/C22H18ClFN2O/c23-20-8-4-3-7-19(20)21-18-6-2-1-5-15(18)13-14-26(21)22(27)25-17-11-9-16(24)10-12-17/h1-12,21H,13-14H2,(H,25,27). The smallest absolute Gasteiger partial charge is 0.313 e. The zero-order valence-electron chi connectivity index (χ0n) is 14.5. The normalized spacial score (nSPS) is 15.9. The van der Waals surface area contributed by atoms with Crippen LogP contribution in [0.25, 0.3) is 0 Å². The number of urea groups is 1. The Bertz CT molecular complexity index is 974. The fraction of sp³-hybridized carbons (Fsp3) is 0.136. The molecule has 1 aliphatic rings. The largest absolute Gasteiger partial charge is 0.322 e. The van der Waals surface area contributed by atoms with E-state index in [0.717, 1.165) is 17.5 Å². The molecule has 0 saturated carbocycles. The Morgan fingerprint density at radius 3 is 2.37 bits per heavy atom. The molecular weight excluding hydrogens is 363 g/mol. The highest BCUT2D eigenvalue weighted by atomic mass is 35.5. The van der Waals surface area contributed by atoms with Crippen molar-refractivity contribution < 1.29 is 9.18 Å². The summed E-state index contributed by atoms with van der Waals surface area (Å²) in [6.45, 7) is 0.569. The summed E-state index contributed by atoms with van der Waals surface area (Å²) in [5.74, 6) is -0.339. The molecule has 1 N–H and O–H groups in total. The third-order valence-electron chi connectivity index (χ3n) is 4.84. The van der Waals surface area contributed by atoms with E-state index in [1.807, 2.05) is 42.5 Å². The van der Waals surface area contributed by atoms with Gasteiger partial charge in [0.05, 0.1) is 6.04 Å². The Kier molecular flexibility index (Phi) is 4.82. The molecule has 0 radical (unpaired) electrons. The second-order valence-corrected chi connectivity index (χ2v) is 6.91. The minimum atomic E-state index is -0.339. The maximum absolute atomic E-state index is 13.1. The van der Waals surface area contributed by atoms with Gasteiger partial charge in [0.15, 0.2) is 0 Å². The first-order valence-corrected chi connectivity index (χ1v) is 9.17. The Morgan fingerprint density at radius 1 is 0.963 bits per heavy atom. The third-order valence-corrected chi connectivity index (χ3v) is 5.18. The summed E-state index contributed by atoms with van der Waals surface area (Å²) >= 11 is 6.47. The lowest BCUT2D eigenvalue weighted by Crippen LogP contribution is -2.43. The van der Waals surface area contributed by atoms with Crippen molar-refractivity contribution in [2.24, 2.45) is 0 Å². The lowest BCUT2D eigenvalue weighted by molar-refractivity contribution is 0.194. The second-order valence-electron chi connectivity index (χ2n) is 6.50. The van der Waals surface area contributed by atoms with Crippen LogP contribution in [0.15, 0.2) is 72.8 Å². The van der Waals surface area contributed by atoms with Crippen LogP contribution in [-0.2, 0) is 6.42 Å². The van der Waals surface area contributed by atoms with Gasteiger partial charge in [-0.1, -0.05) is 54.1 Å². The van der Waals surface area contributed by atoms with E-state index in [1.54, 1.807) is 17.0 Å². The highest BCUT2D eigenvalue weighted by molar-refractivity contribution is 6.31. The van der Waals surface area contributed by atoms with E-state index in [0.29, 0.717) is 17.3 Å². The van der Waals surface area contributed by atoms with E-state index in [2.05, 4.69) is 11.4 Å². The molecule has 5 heteroatoms. The van der Waals surface area contributed by atoms with Gasteiger partial charge in [-0.3, -0.25) is 0 Å². The number of halogens is 2. The van der Waals surface area contributed by atoms with E-state index in [-0.39, 0.29) is 17.9 Å². The van der Waals surface area contributed by atoms with E-state index in [9.17, 15) is 9.18 Å². The van der Waals surface area contributed by atoms with Crippen molar-refractivity contribution in [2.45, 2.75) is 12.5 Å². The van der Waals surface area contributed by atoms with E-state index < -0.39 is 0 Å². The summed E-state index contributed by atoms with van der Waals surface area (Å²) in [7, 11) is 0. The van der Waals surface area contributed by atoms with Crippen LogP contribution >= 0.6 is 11.6 Å². The number of nitrogens with zero attached hydrogens (tertiary/aromatic N) is 1. The van der Waals surface area contributed by atoms with Crippen molar-refractivity contribution >= 4 is 23.3 Å². The molecule has 0 aromatic heterocycles. The lowest BCUT2D eigenvalue weighted by Gasteiger charge is -2.38. The predicted octanol–water partition coefficient (Wildman–Crippen LogP) is 5.66. The number of benzene rings is 3. The second kappa shape index (κ2) is 7.41. The van der Waals surface area contributed by atoms with Gasteiger partial charge in [0, 0.05) is 17.3 Å². The Labute approximate surface area is 162 Å². The maximum Gasteiger partial charge on any atom is 0.322 e. The quantitative estimate of drug-likeness (QED) is 0.611. The number of carbonyl (C=O) groups excluding carboxylic acids is 1. The van der Waals surface area contributed by atoms with Gasteiger partial charge in [-0.05, 0) is 53.4 Å². The number of nitrogens with one attached hydrogen (secondary N) is 1. The summed E-state index contributed by atoms with van der Waals surface area (Å²) in [5.41, 5.74) is 3.73. The molecule has 0 aliphatic carbocycles. The molecule has 2 amide bonds. The molecule has 1 atom stereocenters. The zero-order valence-corrected chi connectivity index (χ0v) is 15.3. The van der Waals surface area contributed by atoms with Crippen molar-refractivity contribution in [1.29, 1.82) is 0 Å². The maximum atomic E-state index is 13.1. The fourth-order valence-corrected chi connectivity index (χ4v) is 3.79. The van der Waals surface area contributed by atoms with Crippen molar-refractivity contribution in [2.75, 3.05) is 11.9 Å². The average molecular weight is 381 g/mol. The van der Waals surface area contributed by atoms with Crippen molar-refractivity contribution in [1.82, 2.24) is 4.90 Å². The molecule has 0 spiro atoms. The summed E-state index contributed by atoms with van der Waals surface area (Å²) in [5, 5.41) is 3.49. The minimum absolute atomic E-state index is 0.235. The minimum Gasteiger partial charge on any atom is -0.313 e. The molecule has 0 saturated heterocycles. The van der Waals surface area contributed by atoms with Gasteiger partial charge in [-0.2, -0.15) is 0 Å². The van der Waals surface area contributed by atoms with Gasteiger partial charge in [-0.15, -0.1) is 0 Å². The highest BCUT2D eigenvalue weighted by Crippen LogP contribution is 2.38. The summed E-state index contributed by atoms with van der Waals surface area (Å²) in [4.78, 5) is 14.8. The molecule has 136 valence electrons. The Morgan fingerprint density at radius 2 is 1.63 bits per heavy atom. The monoisotopic (exact) mass is 380 g/mol. The number of fused-ring (bicyclic) bond motifs is 1. The topological polar surface area (TPSA) is 32.3 Å². The van der Waals surface area contributed by atoms with Crippen LogP contribution in [0, 0.1) is 5.82 Å². The molecule has 0 fully saturated rings. The number of hydrogen-bond donors (Lipinski definition) is 1. The van der Waals surface area contributed by atoms with Crippen LogP contribution in [-0.4, -0.2) is 17.5 Å². The molecule has 1 aliphatic heterocycles. The van der Waals surface area contributed by atoms with Crippen LogP contribution in [0.3, 0.4) is 0 Å². The van der Waals surface area contributed by atoms with Crippen molar-refractivity contribution in [3.05, 3.63) is 100 Å². The molecule has 1 heterocycles. The lowest BCUT2D eigenvalue weighted by atomic mass is 9.88. The van der Waals surface area contributed by atoms with E-state index >= 15 is 0 Å². The van der Waals surface area contributed by atoms with Crippen LogP contribution in [0.5, 0.6) is 0 Å².